The summed E-state index contributed by atoms with van der Waals surface area (Å²) in [6.07, 6.45) is 0.789. The van der Waals surface area contributed by atoms with Crippen molar-refractivity contribution in [3.05, 3.63) is 28.8 Å². The van der Waals surface area contributed by atoms with Crippen LogP contribution < -0.4 is 10.6 Å². The molecular weight excluding hydrogens is 256 g/mol. The zero-order valence-corrected chi connectivity index (χ0v) is 10.3. The van der Waals surface area contributed by atoms with Crippen LogP contribution >= 0.6 is 11.6 Å². The number of halogens is 1. The van der Waals surface area contributed by atoms with Crippen molar-refractivity contribution in [2.24, 2.45) is 0 Å². The Morgan fingerprint density at radius 2 is 2.22 bits per heavy atom. The number of para-hydroxylation sites is 1. The molecule has 1 unspecified atom stereocenters. The number of imide groups is 1. The molecule has 5 nitrogen and oxygen atoms in total. The van der Waals surface area contributed by atoms with Gasteiger partial charge in [-0.3, -0.25) is 14.9 Å². The third kappa shape index (κ3) is 2.80. The Hall–Kier alpha value is -1.59. The summed E-state index contributed by atoms with van der Waals surface area (Å²) in [5.74, 6) is -0.560. The Balaban J connectivity index is 1.97. The normalized spacial score (nSPS) is 19.7. The van der Waals surface area contributed by atoms with Gasteiger partial charge in [0.2, 0.25) is 11.8 Å². The van der Waals surface area contributed by atoms with Gasteiger partial charge in [0.25, 0.3) is 0 Å². The van der Waals surface area contributed by atoms with Gasteiger partial charge in [-0.15, -0.1) is 0 Å². The molecule has 96 valence electrons. The first-order valence-corrected chi connectivity index (χ1v) is 5.99. The number of hydrogen-bond donors (Lipinski definition) is 3. The van der Waals surface area contributed by atoms with Gasteiger partial charge in [0.05, 0.1) is 11.1 Å². The van der Waals surface area contributed by atoms with E-state index in [4.69, 9.17) is 11.6 Å². The van der Waals surface area contributed by atoms with Crippen LogP contribution in [-0.4, -0.2) is 23.0 Å². The minimum Gasteiger partial charge on any atom is -0.506 e. The van der Waals surface area contributed by atoms with Crippen molar-refractivity contribution >= 4 is 23.4 Å². The summed E-state index contributed by atoms with van der Waals surface area (Å²) < 4.78 is 0. The lowest BCUT2D eigenvalue weighted by atomic mass is 10.1. The van der Waals surface area contributed by atoms with Gasteiger partial charge in [-0.2, -0.15) is 0 Å². The molecule has 1 heterocycles. The van der Waals surface area contributed by atoms with Gasteiger partial charge < -0.3 is 10.4 Å². The summed E-state index contributed by atoms with van der Waals surface area (Å²) in [5.41, 5.74) is 0.618. The second-order valence-electron chi connectivity index (χ2n) is 4.13. The Kier molecular flexibility index (Phi) is 3.84. The third-order valence-electron chi connectivity index (χ3n) is 2.85. The van der Waals surface area contributed by atoms with Crippen molar-refractivity contribution in [1.82, 2.24) is 10.6 Å². The molecule has 3 N–H and O–H groups in total. The number of carbonyl (C=O) groups excluding carboxylic acids is 2. The fraction of sp³-hybridized carbons (Fsp3) is 0.333. The van der Waals surface area contributed by atoms with Crippen molar-refractivity contribution in [2.45, 2.75) is 25.4 Å². The minimum absolute atomic E-state index is 0.0129. The van der Waals surface area contributed by atoms with E-state index in [1.54, 1.807) is 18.2 Å². The molecule has 1 aromatic carbocycles. The Morgan fingerprint density at radius 3 is 2.94 bits per heavy atom. The van der Waals surface area contributed by atoms with Crippen molar-refractivity contribution < 1.29 is 14.7 Å². The van der Waals surface area contributed by atoms with E-state index in [0.717, 1.165) is 0 Å². The maximum absolute atomic E-state index is 11.5. The van der Waals surface area contributed by atoms with Crippen LogP contribution in [0.3, 0.4) is 0 Å². The number of nitrogens with one attached hydrogen (secondary N) is 2. The molecule has 0 bridgehead atoms. The number of amides is 2. The summed E-state index contributed by atoms with van der Waals surface area (Å²) in [6, 6.07) is 4.62. The zero-order chi connectivity index (χ0) is 13.1. The van der Waals surface area contributed by atoms with E-state index in [2.05, 4.69) is 10.6 Å². The number of phenolic OH excluding ortho intramolecular Hbond substituents is 1. The van der Waals surface area contributed by atoms with Crippen LogP contribution in [0.4, 0.5) is 0 Å². The summed E-state index contributed by atoms with van der Waals surface area (Å²) in [7, 11) is 0. The van der Waals surface area contributed by atoms with E-state index in [9.17, 15) is 14.7 Å². The molecule has 1 aromatic rings. The van der Waals surface area contributed by atoms with Gasteiger partial charge >= 0.3 is 0 Å². The molecule has 1 aliphatic rings. The van der Waals surface area contributed by atoms with Gasteiger partial charge in [0, 0.05) is 18.5 Å². The second kappa shape index (κ2) is 5.37. The van der Waals surface area contributed by atoms with E-state index >= 15 is 0 Å². The van der Waals surface area contributed by atoms with Crippen LogP contribution in [-0.2, 0) is 16.1 Å². The summed E-state index contributed by atoms with van der Waals surface area (Å²) in [6.45, 7) is 0.318. The highest BCUT2D eigenvalue weighted by Crippen LogP contribution is 2.26. The van der Waals surface area contributed by atoms with Gasteiger partial charge in [0.1, 0.15) is 5.75 Å². The van der Waals surface area contributed by atoms with Crippen LogP contribution in [0.15, 0.2) is 18.2 Å². The first kappa shape index (κ1) is 12.9. The van der Waals surface area contributed by atoms with Crippen molar-refractivity contribution in [3.63, 3.8) is 0 Å². The topological polar surface area (TPSA) is 78.4 Å². The fourth-order valence-corrected chi connectivity index (χ4v) is 2.02. The van der Waals surface area contributed by atoms with E-state index in [1.165, 1.54) is 0 Å². The molecule has 1 fully saturated rings. The molecule has 1 atom stereocenters. The second-order valence-corrected chi connectivity index (χ2v) is 4.54. The smallest absolute Gasteiger partial charge is 0.243 e. The summed E-state index contributed by atoms with van der Waals surface area (Å²) >= 11 is 5.78. The molecule has 0 aromatic heterocycles. The zero-order valence-electron chi connectivity index (χ0n) is 9.57. The molecule has 0 radical (unpaired) electrons. The molecule has 18 heavy (non-hydrogen) atoms. The Bertz CT molecular complexity index is 490. The molecule has 0 aliphatic carbocycles. The SMILES string of the molecule is O=C1CCC(NCc2cccc(Cl)c2O)C(=O)N1. The molecule has 0 spiro atoms. The molecule has 6 heteroatoms. The molecular formula is C12H13ClN2O3. The minimum atomic E-state index is -0.416. The van der Waals surface area contributed by atoms with Crippen molar-refractivity contribution in [2.75, 3.05) is 0 Å². The van der Waals surface area contributed by atoms with Crippen LogP contribution in [0.2, 0.25) is 5.02 Å². The molecule has 2 amide bonds. The van der Waals surface area contributed by atoms with E-state index in [1.807, 2.05) is 0 Å². The molecule has 2 rings (SSSR count). The van der Waals surface area contributed by atoms with Crippen molar-refractivity contribution in [3.8, 4) is 5.75 Å². The predicted molar refractivity (Wildman–Crippen MR) is 66.1 cm³/mol. The number of hydrogen-bond acceptors (Lipinski definition) is 4. The number of benzene rings is 1. The van der Waals surface area contributed by atoms with Crippen LogP contribution in [0.1, 0.15) is 18.4 Å². The number of phenols is 1. The largest absolute Gasteiger partial charge is 0.506 e. The van der Waals surface area contributed by atoms with Crippen LogP contribution in [0.25, 0.3) is 0 Å². The number of carbonyl (C=O) groups is 2. The highest BCUT2D eigenvalue weighted by atomic mass is 35.5. The van der Waals surface area contributed by atoms with Gasteiger partial charge in [-0.25, -0.2) is 0 Å². The standard InChI is InChI=1S/C12H13ClN2O3/c13-8-3-1-2-7(11(8)17)6-14-9-4-5-10(16)15-12(9)18/h1-3,9,14,17H,4-6H2,(H,15,16,18). The highest BCUT2D eigenvalue weighted by Gasteiger charge is 2.26. The average molecular weight is 269 g/mol. The van der Waals surface area contributed by atoms with E-state index in [-0.39, 0.29) is 22.6 Å². The van der Waals surface area contributed by atoms with Gasteiger partial charge in [-0.1, -0.05) is 23.7 Å². The fourth-order valence-electron chi connectivity index (χ4n) is 1.82. The lowest BCUT2D eigenvalue weighted by Gasteiger charge is -2.22. The summed E-state index contributed by atoms with van der Waals surface area (Å²) in [4.78, 5) is 22.5. The maximum atomic E-state index is 11.5. The molecule has 0 saturated carbocycles. The van der Waals surface area contributed by atoms with Gasteiger partial charge in [-0.05, 0) is 12.5 Å². The maximum Gasteiger partial charge on any atom is 0.243 e. The van der Waals surface area contributed by atoms with Crippen LogP contribution in [0.5, 0.6) is 5.75 Å². The molecule has 1 aliphatic heterocycles. The number of piperidine rings is 1. The Morgan fingerprint density at radius 1 is 1.44 bits per heavy atom. The van der Waals surface area contributed by atoms with Crippen LogP contribution in [0, 0.1) is 0 Å². The number of aromatic hydroxyl groups is 1. The number of rotatable bonds is 3. The van der Waals surface area contributed by atoms with Crippen molar-refractivity contribution in [1.29, 1.82) is 0 Å². The average Bonchev–Trinajstić information content (AvgIpc) is 2.33. The molecule has 1 saturated heterocycles. The van der Waals surface area contributed by atoms with E-state index < -0.39 is 6.04 Å². The first-order chi connectivity index (χ1) is 8.58. The summed E-state index contributed by atoms with van der Waals surface area (Å²) in [5, 5.41) is 15.2. The quantitative estimate of drug-likeness (QED) is 0.713. The first-order valence-electron chi connectivity index (χ1n) is 5.61. The Labute approximate surface area is 109 Å². The van der Waals surface area contributed by atoms with Gasteiger partial charge in [0.15, 0.2) is 0 Å². The lowest BCUT2D eigenvalue weighted by molar-refractivity contribution is -0.134. The van der Waals surface area contributed by atoms with E-state index in [0.29, 0.717) is 24.9 Å². The third-order valence-corrected chi connectivity index (χ3v) is 3.15. The highest BCUT2D eigenvalue weighted by molar-refractivity contribution is 6.32. The lowest BCUT2D eigenvalue weighted by Crippen LogP contribution is -2.50. The predicted octanol–water partition coefficient (Wildman–Crippen LogP) is 0.940. The monoisotopic (exact) mass is 268 g/mol.